The Bertz CT molecular complexity index is 568. The van der Waals surface area contributed by atoms with Crippen molar-refractivity contribution < 1.29 is 0 Å². The molecule has 3 heteroatoms. The normalized spacial score (nSPS) is 11.5. The fourth-order valence-corrected chi connectivity index (χ4v) is 1.54. The van der Waals surface area contributed by atoms with E-state index in [0.29, 0.717) is 5.69 Å². The largest absolute Gasteiger partial charge is 0.317 e. The van der Waals surface area contributed by atoms with Crippen LogP contribution < -0.4 is 10.9 Å². The van der Waals surface area contributed by atoms with Gasteiger partial charge in [0.15, 0.2) is 0 Å². The predicted octanol–water partition coefficient (Wildman–Crippen LogP) is 1.19. The van der Waals surface area contributed by atoms with Crippen LogP contribution in [-0.4, -0.2) is 4.57 Å². The van der Waals surface area contributed by atoms with E-state index in [2.05, 4.69) is 0 Å². The molecule has 0 saturated carbocycles. The second-order valence-corrected chi connectivity index (χ2v) is 3.37. The zero-order chi connectivity index (χ0) is 10.8. The molecule has 1 aromatic carbocycles. The van der Waals surface area contributed by atoms with Crippen LogP contribution in [0.4, 0.5) is 0 Å². The summed E-state index contributed by atoms with van der Waals surface area (Å²) in [7, 11) is 0. The summed E-state index contributed by atoms with van der Waals surface area (Å²) in [6.07, 6.45) is 6.54. The van der Waals surface area contributed by atoms with Crippen molar-refractivity contribution in [2.75, 3.05) is 0 Å². The highest BCUT2D eigenvalue weighted by molar-refractivity contribution is 5.39. The topological polar surface area (TPSA) is 39.1 Å². The van der Waals surface area contributed by atoms with Crippen molar-refractivity contribution in [1.82, 2.24) is 4.57 Å². The molecule has 0 amide bonds. The molecular weight excluding hydrogens is 190 g/mol. The van der Waals surface area contributed by atoms with Crippen molar-refractivity contribution in [3.05, 3.63) is 62.7 Å². The minimum Gasteiger partial charge on any atom is -0.317 e. The molecule has 15 heavy (non-hydrogen) atoms. The number of aromatic nitrogens is 1. The number of hydrogen-bond acceptors (Lipinski definition) is 2. The zero-order valence-electron chi connectivity index (χ0n) is 8.43. The molecule has 1 aromatic heterocycles. The predicted molar refractivity (Wildman–Crippen MR) is 59.2 cm³/mol. The third-order valence-electron chi connectivity index (χ3n) is 2.38. The average Bonchev–Trinajstić information content (AvgIpc) is 2.70. The first-order valence-corrected chi connectivity index (χ1v) is 4.82. The molecule has 0 unspecified atom stereocenters. The minimum absolute atomic E-state index is 0.395. The Kier molecular flexibility index (Phi) is 2.37. The summed E-state index contributed by atoms with van der Waals surface area (Å²) in [5, 5.41) is 0. The molecule has 2 aromatic rings. The van der Waals surface area contributed by atoms with Gasteiger partial charge >= 0.3 is 0 Å². The lowest BCUT2D eigenvalue weighted by Gasteiger charge is -2.07. The smallest absolute Gasteiger partial charge is 0.249 e. The monoisotopic (exact) mass is 201 g/mol. The minimum atomic E-state index is -0.407. The lowest BCUT2D eigenvalue weighted by molar-refractivity contribution is 0.949. The highest BCUT2D eigenvalue weighted by atomic mass is 16.2. The molecule has 2 rings (SSSR count). The highest BCUT2D eigenvalue weighted by Gasteiger charge is 2.12. The van der Waals surface area contributed by atoms with Crippen LogP contribution in [0.1, 0.15) is 12.6 Å². The van der Waals surface area contributed by atoms with Crippen molar-refractivity contribution >= 4 is 0 Å². The molecule has 0 atom stereocenters. The standard InChI is InChI=1S/C12H11NO2/c1-2-3-5-9-6-4-7-13(9)10-8-11(14)12(10)15/h2-4,6-8H,5H2,1H3. The molecule has 0 aliphatic heterocycles. The van der Waals surface area contributed by atoms with Crippen LogP contribution in [0.3, 0.4) is 0 Å². The first-order chi connectivity index (χ1) is 7.24. The van der Waals surface area contributed by atoms with Crippen molar-refractivity contribution in [1.29, 1.82) is 0 Å². The van der Waals surface area contributed by atoms with Crippen LogP contribution in [0, 0.1) is 0 Å². The molecule has 0 spiro atoms. The van der Waals surface area contributed by atoms with Crippen LogP contribution in [0.15, 0.2) is 46.1 Å². The fourth-order valence-electron chi connectivity index (χ4n) is 1.54. The van der Waals surface area contributed by atoms with Gasteiger partial charge in [0.1, 0.15) is 5.69 Å². The second kappa shape index (κ2) is 3.69. The van der Waals surface area contributed by atoms with E-state index in [1.807, 2.05) is 31.2 Å². The second-order valence-electron chi connectivity index (χ2n) is 3.37. The zero-order valence-corrected chi connectivity index (χ0v) is 8.43. The Labute approximate surface area is 87.0 Å². The Hall–Kier alpha value is -1.90. The summed E-state index contributed by atoms with van der Waals surface area (Å²) in [5.41, 5.74) is 0.688. The number of nitrogens with zero attached hydrogens (tertiary/aromatic N) is 1. The van der Waals surface area contributed by atoms with Crippen molar-refractivity contribution in [2.24, 2.45) is 0 Å². The van der Waals surface area contributed by atoms with Crippen LogP contribution in [-0.2, 0) is 6.42 Å². The van der Waals surface area contributed by atoms with Crippen LogP contribution in [0.2, 0.25) is 0 Å². The molecule has 0 aliphatic carbocycles. The summed E-state index contributed by atoms with van der Waals surface area (Å²) in [6, 6.07) is 5.19. The van der Waals surface area contributed by atoms with E-state index >= 15 is 0 Å². The molecule has 0 radical (unpaired) electrons. The Morgan fingerprint density at radius 1 is 1.40 bits per heavy atom. The number of rotatable bonds is 3. The summed E-state index contributed by atoms with van der Waals surface area (Å²) >= 11 is 0. The van der Waals surface area contributed by atoms with E-state index in [0.717, 1.165) is 12.1 Å². The Morgan fingerprint density at radius 3 is 2.80 bits per heavy atom. The van der Waals surface area contributed by atoms with Gasteiger partial charge in [-0.1, -0.05) is 12.2 Å². The van der Waals surface area contributed by atoms with Gasteiger partial charge in [-0.2, -0.15) is 0 Å². The first-order valence-electron chi connectivity index (χ1n) is 4.82. The molecule has 0 fully saturated rings. The lowest BCUT2D eigenvalue weighted by atomic mass is 10.2. The Morgan fingerprint density at radius 2 is 2.20 bits per heavy atom. The fraction of sp³-hybridized carbons (Fsp3) is 0.167. The quantitative estimate of drug-likeness (QED) is 0.552. The van der Waals surface area contributed by atoms with Gasteiger partial charge < -0.3 is 4.57 Å². The van der Waals surface area contributed by atoms with E-state index in [4.69, 9.17) is 0 Å². The average molecular weight is 201 g/mol. The molecule has 76 valence electrons. The summed E-state index contributed by atoms with van der Waals surface area (Å²) in [5.74, 6) is 0. The van der Waals surface area contributed by atoms with E-state index in [1.165, 1.54) is 6.07 Å². The van der Waals surface area contributed by atoms with Gasteiger partial charge in [0.2, 0.25) is 10.9 Å². The molecule has 3 nitrogen and oxygen atoms in total. The van der Waals surface area contributed by atoms with Gasteiger partial charge in [-0.3, -0.25) is 9.59 Å². The maximum Gasteiger partial charge on any atom is 0.249 e. The SMILES string of the molecule is CC=CCc1cccn1-c1cc(=O)c1=O. The van der Waals surface area contributed by atoms with Crippen molar-refractivity contribution in [3.63, 3.8) is 0 Å². The van der Waals surface area contributed by atoms with Crippen molar-refractivity contribution in [3.8, 4) is 5.69 Å². The van der Waals surface area contributed by atoms with Gasteiger partial charge in [-0.05, 0) is 19.1 Å². The third kappa shape index (κ3) is 1.56. The van der Waals surface area contributed by atoms with E-state index in [1.54, 1.807) is 10.8 Å². The summed E-state index contributed by atoms with van der Waals surface area (Å²) < 4.78 is 1.77. The van der Waals surface area contributed by atoms with Crippen LogP contribution in [0.25, 0.3) is 5.69 Å². The molecule has 0 saturated heterocycles. The third-order valence-corrected chi connectivity index (χ3v) is 2.38. The summed E-state index contributed by atoms with van der Waals surface area (Å²) in [6.45, 7) is 1.95. The highest BCUT2D eigenvalue weighted by Crippen LogP contribution is 2.09. The molecule has 0 bridgehead atoms. The van der Waals surface area contributed by atoms with Gasteiger partial charge in [0.25, 0.3) is 0 Å². The summed E-state index contributed by atoms with van der Waals surface area (Å²) in [4.78, 5) is 22.0. The van der Waals surface area contributed by atoms with Crippen LogP contribution in [0.5, 0.6) is 0 Å². The maximum absolute atomic E-state index is 11.2. The van der Waals surface area contributed by atoms with Crippen molar-refractivity contribution in [2.45, 2.75) is 13.3 Å². The number of allylic oxidation sites excluding steroid dienone is 2. The van der Waals surface area contributed by atoms with E-state index < -0.39 is 10.9 Å². The van der Waals surface area contributed by atoms with Gasteiger partial charge in [-0.25, -0.2) is 0 Å². The van der Waals surface area contributed by atoms with Crippen LogP contribution >= 0.6 is 0 Å². The number of hydrogen-bond donors (Lipinski definition) is 0. The molecule has 1 heterocycles. The van der Waals surface area contributed by atoms with Gasteiger partial charge in [0.05, 0.1) is 0 Å². The molecular formula is C12H11NO2. The molecule has 0 aliphatic rings. The van der Waals surface area contributed by atoms with Gasteiger partial charge in [0, 0.05) is 24.4 Å². The lowest BCUT2D eigenvalue weighted by Crippen LogP contribution is -2.34. The maximum atomic E-state index is 11.2. The first kappa shape index (κ1) is 9.65. The molecule has 0 N–H and O–H groups in total. The van der Waals surface area contributed by atoms with E-state index in [9.17, 15) is 9.59 Å². The van der Waals surface area contributed by atoms with E-state index in [-0.39, 0.29) is 0 Å². The Balaban J connectivity index is 2.38. The van der Waals surface area contributed by atoms with Gasteiger partial charge in [-0.15, -0.1) is 0 Å².